The Hall–Kier alpha value is -5.41. The summed E-state index contributed by atoms with van der Waals surface area (Å²) in [6.45, 7) is 0. The SMILES string of the molecule is CN1c2c(-c3ccc(-c4ccc(-c5ccccc5)cc4)cc3)cccc2-n2c(-c3ccccc3)nc3cccc1c32. The molecule has 1 aliphatic rings. The highest BCUT2D eigenvalue weighted by Gasteiger charge is 2.28. The Kier molecular flexibility index (Phi) is 5.36. The van der Waals surface area contributed by atoms with Crippen LogP contribution < -0.4 is 4.90 Å². The molecular weight excluding hydrogens is 498 g/mol. The third kappa shape index (κ3) is 3.78. The summed E-state index contributed by atoms with van der Waals surface area (Å²) in [5, 5.41) is 0. The van der Waals surface area contributed by atoms with Gasteiger partial charge in [0.25, 0.3) is 0 Å². The lowest BCUT2D eigenvalue weighted by Crippen LogP contribution is -2.19. The average molecular weight is 526 g/mol. The number of nitrogens with zero attached hydrogens (tertiary/aromatic N) is 3. The van der Waals surface area contributed by atoms with Crippen molar-refractivity contribution in [2.75, 3.05) is 11.9 Å². The van der Waals surface area contributed by atoms with Gasteiger partial charge in [-0.2, -0.15) is 0 Å². The normalized spacial score (nSPS) is 12.0. The topological polar surface area (TPSA) is 21.1 Å². The fraction of sp³-hybridized carbons (Fsp3) is 0.0263. The molecule has 1 aromatic heterocycles. The monoisotopic (exact) mass is 525 g/mol. The minimum atomic E-state index is 0.967. The highest BCUT2D eigenvalue weighted by Crippen LogP contribution is 2.48. The molecule has 3 heteroatoms. The lowest BCUT2D eigenvalue weighted by atomic mass is 9.96. The largest absolute Gasteiger partial charge is 0.341 e. The average Bonchev–Trinajstić information content (AvgIpc) is 3.45. The number of para-hydroxylation sites is 2. The van der Waals surface area contributed by atoms with Crippen molar-refractivity contribution in [2.24, 2.45) is 0 Å². The Morgan fingerprint density at radius 2 is 0.951 bits per heavy atom. The molecule has 0 unspecified atom stereocenters. The van der Waals surface area contributed by atoms with Crippen LogP contribution in [-0.2, 0) is 0 Å². The van der Waals surface area contributed by atoms with E-state index < -0.39 is 0 Å². The first-order valence-electron chi connectivity index (χ1n) is 14.0. The summed E-state index contributed by atoms with van der Waals surface area (Å²) in [7, 11) is 2.17. The van der Waals surface area contributed by atoms with Crippen molar-refractivity contribution < 1.29 is 0 Å². The molecule has 0 fully saturated rings. The molecule has 0 radical (unpaired) electrons. The van der Waals surface area contributed by atoms with Gasteiger partial charge < -0.3 is 4.90 Å². The van der Waals surface area contributed by atoms with Crippen LogP contribution in [0.4, 0.5) is 11.4 Å². The van der Waals surface area contributed by atoms with Crippen LogP contribution in [0.3, 0.4) is 0 Å². The molecule has 0 spiro atoms. The van der Waals surface area contributed by atoms with E-state index >= 15 is 0 Å². The van der Waals surface area contributed by atoms with E-state index in [4.69, 9.17) is 4.98 Å². The van der Waals surface area contributed by atoms with Crippen molar-refractivity contribution in [1.82, 2.24) is 9.55 Å². The predicted octanol–water partition coefficient (Wildman–Crippen LogP) is 9.77. The molecule has 0 saturated carbocycles. The number of aromatic nitrogens is 2. The molecule has 0 atom stereocenters. The fourth-order valence-electron chi connectivity index (χ4n) is 6.14. The molecule has 3 nitrogen and oxygen atoms in total. The van der Waals surface area contributed by atoms with Gasteiger partial charge in [-0.05, 0) is 46.0 Å². The maximum Gasteiger partial charge on any atom is 0.145 e. The van der Waals surface area contributed by atoms with E-state index in [1.807, 2.05) is 0 Å². The molecule has 0 saturated heterocycles. The summed E-state index contributed by atoms with van der Waals surface area (Å²) in [4.78, 5) is 7.42. The van der Waals surface area contributed by atoms with Gasteiger partial charge in [-0.3, -0.25) is 4.57 Å². The lowest BCUT2D eigenvalue weighted by molar-refractivity contribution is 1.05. The smallest absolute Gasteiger partial charge is 0.145 e. The Bertz CT molecular complexity index is 2020. The molecule has 0 amide bonds. The zero-order chi connectivity index (χ0) is 27.3. The zero-order valence-corrected chi connectivity index (χ0v) is 22.7. The van der Waals surface area contributed by atoms with E-state index in [1.165, 1.54) is 39.1 Å². The van der Waals surface area contributed by atoms with Crippen LogP contribution in [0.5, 0.6) is 0 Å². The maximum absolute atomic E-state index is 5.10. The number of imidazole rings is 1. The zero-order valence-electron chi connectivity index (χ0n) is 22.7. The van der Waals surface area contributed by atoms with E-state index in [0.717, 1.165) is 33.8 Å². The molecule has 6 aromatic carbocycles. The van der Waals surface area contributed by atoms with Crippen LogP contribution >= 0.6 is 0 Å². The summed E-state index contributed by atoms with van der Waals surface area (Å²) in [6, 6.07) is 51.8. The molecular formula is C38H27N3. The van der Waals surface area contributed by atoms with Crippen molar-refractivity contribution in [3.05, 3.63) is 146 Å². The highest BCUT2D eigenvalue weighted by molar-refractivity contribution is 6.03. The molecule has 8 rings (SSSR count). The molecule has 1 aliphatic heterocycles. The number of anilines is 2. The first kappa shape index (κ1) is 23.5. The third-order valence-electron chi connectivity index (χ3n) is 8.16. The second-order valence-electron chi connectivity index (χ2n) is 10.5. The van der Waals surface area contributed by atoms with Gasteiger partial charge >= 0.3 is 0 Å². The van der Waals surface area contributed by atoms with Crippen molar-refractivity contribution >= 4 is 22.4 Å². The summed E-state index contributed by atoms with van der Waals surface area (Å²) in [5.41, 5.74) is 14.0. The maximum atomic E-state index is 5.10. The van der Waals surface area contributed by atoms with Crippen molar-refractivity contribution in [3.8, 4) is 50.5 Å². The van der Waals surface area contributed by atoms with E-state index in [-0.39, 0.29) is 0 Å². The van der Waals surface area contributed by atoms with Crippen LogP contribution in [0, 0.1) is 0 Å². The predicted molar refractivity (Wildman–Crippen MR) is 171 cm³/mol. The second kappa shape index (κ2) is 9.35. The third-order valence-corrected chi connectivity index (χ3v) is 8.16. The number of rotatable bonds is 4. The Balaban J connectivity index is 1.22. The van der Waals surface area contributed by atoms with Gasteiger partial charge in [-0.1, -0.05) is 127 Å². The molecule has 7 aromatic rings. The Morgan fingerprint density at radius 3 is 1.59 bits per heavy atom. The first-order chi connectivity index (χ1) is 20.3. The number of hydrogen-bond donors (Lipinski definition) is 0. The van der Waals surface area contributed by atoms with Gasteiger partial charge in [0.05, 0.1) is 28.1 Å². The van der Waals surface area contributed by atoms with Gasteiger partial charge in [-0.25, -0.2) is 4.98 Å². The molecule has 194 valence electrons. The van der Waals surface area contributed by atoms with Gasteiger partial charge in [0.15, 0.2) is 0 Å². The van der Waals surface area contributed by atoms with E-state index in [2.05, 4.69) is 162 Å². The highest BCUT2D eigenvalue weighted by atomic mass is 15.2. The number of hydrogen-bond acceptors (Lipinski definition) is 2. The van der Waals surface area contributed by atoms with E-state index in [1.54, 1.807) is 0 Å². The fourth-order valence-corrected chi connectivity index (χ4v) is 6.14. The van der Waals surface area contributed by atoms with Crippen LogP contribution in [0.15, 0.2) is 146 Å². The summed E-state index contributed by atoms with van der Waals surface area (Å²) in [6.07, 6.45) is 0. The van der Waals surface area contributed by atoms with Gasteiger partial charge in [-0.15, -0.1) is 0 Å². The summed E-state index contributed by atoms with van der Waals surface area (Å²) < 4.78 is 2.33. The summed E-state index contributed by atoms with van der Waals surface area (Å²) in [5.74, 6) is 0.967. The molecule has 0 aliphatic carbocycles. The van der Waals surface area contributed by atoms with Crippen LogP contribution in [-0.4, -0.2) is 16.6 Å². The minimum absolute atomic E-state index is 0.967. The van der Waals surface area contributed by atoms with Crippen LogP contribution in [0.1, 0.15) is 0 Å². The first-order valence-corrected chi connectivity index (χ1v) is 14.0. The standard InChI is InChI=1S/C38H27N3/c1-40-34-16-9-15-33-37(34)41(38(39-33)31-12-6-3-7-13-31)35-17-8-14-32(36(35)40)30-24-22-29(23-25-30)28-20-18-27(19-21-28)26-10-4-2-5-11-26/h2-25H,1H3. The van der Waals surface area contributed by atoms with Crippen molar-refractivity contribution in [1.29, 1.82) is 0 Å². The molecule has 41 heavy (non-hydrogen) atoms. The molecule has 0 N–H and O–H groups in total. The van der Waals surface area contributed by atoms with E-state index in [9.17, 15) is 0 Å². The Labute approximate surface area is 239 Å². The second-order valence-corrected chi connectivity index (χ2v) is 10.5. The molecule has 2 heterocycles. The molecule has 0 bridgehead atoms. The van der Waals surface area contributed by atoms with E-state index in [0.29, 0.717) is 0 Å². The van der Waals surface area contributed by atoms with Gasteiger partial charge in [0, 0.05) is 18.2 Å². The van der Waals surface area contributed by atoms with Crippen molar-refractivity contribution in [3.63, 3.8) is 0 Å². The number of fused-ring (bicyclic) bond motifs is 2. The van der Waals surface area contributed by atoms with Gasteiger partial charge in [0.1, 0.15) is 5.82 Å². The minimum Gasteiger partial charge on any atom is -0.341 e. The van der Waals surface area contributed by atoms with Crippen LogP contribution in [0.25, 0.3) is 61.5 Å². The quantitative estimate of drug-likeness (QED) is 0.228. The number of benzene rings is 6. The summed E-state index contributed by atoms with van der Waals surface area (Å²) >= 11 is 0. The Morgan fingerprint density at radius 1 is 0.439 bits per heavy atom. The lowest BCUT2D eigenvalue weighted by Gasteiger charge is -2.32. The van der Waals surface area contributed by atoms with Gasteiger partial charge in [0.2, 0.25) is 0 Å². The van der Waals surface area contributed by atoms with Crippen LogP contribution in [0.2, 0.25) is 0 Å². The van der Waals surface area contributed by atoms with Crippen molar-refractivity contribution in [2.45, 2.75) is 0 Å².